The number of H-pyrrole nitrogens is 1. The van der Waals surface area contributed by atoms with Gasteiger partial charge in [0, 0.05) is 23.2 Å². The predicted octanol–water partition coefficient (Wildman–Crippen LogP) is 5.90. The molecule has 1 aliphatic rings. The van der Waals surface area contributed by atoms with Crippen LogP contribution in [0.15, 0.2) is 36.4 Å². The Balaban J connectivity index is 1.73. The second-order valence-electron chi connectivity index (χ2n) is 6.32. The van der Waals surface area contributed by atoms with Gasteiger partial charge in [-0.3, -0.25) is 5.10 Å². The molecule has 2 aromatic carbocycles. The largest absolute Gasteiger partial charge is 0.416 e. The van der Waals surface area contributed by atoms with E-state index in [0.29, 0.717) is 34.5 Å². The Labute approximate surface area is 153 Å². The molecule has 0 atom stereocenters. The van der Waals surface area contributed by atoms with Crippen LogP contribution in [0.3, 0.4) is 0 Å². The average molecular weight is 401 g/mol. The summed E-state index contributed by atoms with van der Waals surface area (Å²) in [5, 5.41) is 9.16. The van der Waals surface area contributed by atoms with Gasteiger partial charge >= 0.3 is 12.4 Å². The molecule has 4 rings (SSSR count). The van der Waals surface area contributed by atoms with E-state index in [4.69, 9.17) is 0 Å². The Hall–Kier alpha value is -3.04. The number of aromatic nitrogens is 2. The number of aromatic amines is 1. The van der Waals surface area contributed by atoms with Gasteiger partial charge in [-0.1, -0.05) is 0 Å². The Morgan fingerprint density at radius 2 is 1.54 bits per heavy atom. The van der Waals surface area contributed by atoms with Crippen LogP contribution in [0.1, 0.15) is 22.3 Å². The van der Waals surface area contributed by atoms with Crippen molar-refractivity contribution in [1.29, 1.82) is 0 Å². The van der Waals surface area contributed by atoms with E-state index in [0.717, 1.165) is 0 Å². The molecule has 2 N–H and O–H groups in total. The quantitative estimate of drug-likeness (QED) is 0.411. The summed E-state index contributed by atoms with van der Waals surface area (Å²) in [5.41, 5.74) is -0.862. The lowest BCUT2D eigenvalue weighted by molar-refractivity contribution is -0.143. The Morgan fingerprint density at radius 3 is 2.14 bits per heavy atom. The summed E-state index contributed by atoms with van der Waals surface area (Å²) in [6, 6.07) is 5.32. The zero-order chi connectivity index (χ0) is 20.3. The highest BCUT2D eigenvalue weighted by Gasteiger charge is 2.37. The fraction of sp³-hybridized carbons (Fsp3) is 0.167. The summed E-state index contributed by atoms with van der Waals surface area (Å²) in [6.07, 6.45) is -9.65. The molecule has 0 saturated heterocycles. The number of hydrogen-bond donors (Lipinski definition) is 2. The van der Waals surface area contributed by atoms with E-state index in [-0.39, 0.29) is 18.3 Å². The minimum Gasteiger partial charge on any atom is -0.338 e. The third-order valence-electron chi connectivity index (χ3n) is 4.42. The van der Waals surface area contributed by atoms with Gasteiger partial charge in [-0.15, -0.1) is 0 Å². The number of nitrogens with zero attached hydrogens (tertiary/aromatic N) is 1. The van der Waals surface area contributed by atoms with Crippen LogP contribution in [0, 0.1) is 5.82 Å². The summed E-state index contributed by atoms with van der Waals surface area (Å²) < 4.78 is 91.4. The van der Waals surface area contributed by atoms with Gasteiger partial charge in [0.15, 0.2) is 5.82 Å². The minimum absolute atomic E-state index is 0.0543. The number of anilines is 2. The molecule has 0 aliphatic heterocycles. The fourth-order valence-electron chi connectivity index (χ4n) is 3.17. The van der Waals surface area contributed by atoms with Crippen molar-refractivity contribution in [3.8, 4) is 11.3 Å². The molecule has 0 amide bonds. The van der Waals surface area contributed by atoms with Crippen LogP contribution in [0.4, 0.5) is 42.2 Å². The van der Waals surface area contributed by atoms with Gasteiger partial charge in [-0.2, -0.15) is 31.4 Å². The van der Waals surface area contributed by atoms with Gasteiger partial charge in [0.05, 0.1) is 16.8 Å². The van der Waals surface area contributed by atoms with Crippen LogP contribution in [0.25, 0.3) is 11.3 Å². The fourth-order valence-corrected chi connectivity index (χ4v) is 3.17. The van der Waals surface area contributed by atoms with Crippen LogP contribution >= 0.6 is 0 Å². The van der Waals surface area contributed by atoms with E-state index in [1.807, 2.05) is 0 Å². The van der Waals surface area contributed by atoms with Gasteiger partial charge in [-0.05, 0) is 42.0 Å². The molecular weight excluding hydrogens is 391 g/mol. The number of hydrogen-bond acceptors (Lipinski definition) is 2. The second-order valence-corrected chi connectivity index (χ2v) is 6.32. The maximum Gasteiger partial charge on any atom is 0.416 e. The van der Waals surface area contributed by atoms with Crippen LogP contribution in [-0.2, 0) is 18.8 Å². The van der Waals surface area contributed by atoms with Crippen LogP contribution in [-0.4, -0.2) is 10.2 Å². The molecular formula is C18H10F7N3. The van der Waals surface area contributed by atoms with Crippen molar-refractivity contribution in [2.45, 2.75) is 18.8 Å². The highest BCUT2D eigenvalue weighted by atomic mass is 19.4. The molecule has 1 heterocycles. The molecule has 3 aromatic rings. The van der Waals surface area contributed by atoms with E-state index in [2.05, 4.69) is 15.5 Å². The van der Waals surface area contributed by atoms with E-state index in [1.54, 1.807) is 0 Å². The van der Waals surface area contributed by atoms with Crippen LogP contribution in [0.2, 0.25) is 0 Å². The predicted molar refractivity (Wildman–Crippen MR) is 86.5 cm³/mol. The second kappa shape index (κ2) is 5.98. The first-order valence-corrected chi connectivity index (χ1v) is 7.95. The molecule has 0 saturated carbocycles. The lowest BCUT2D eigenvalue weighted by Gasteiger charge is -2.15. The van der Waals surface area contributed by atoms with Gasteiger partial charge in [-0.25, -0.2) is 4.39 Å². The van der Waals surface area contributed by atoms with Gasteiger partial charge < -0.3 is 5.32 Å². The summed E-state index contributed by atoms with van der Waals surface area (Å²) in [4.78, 5) is 0. The van der Waals surface area contributed by atoms with E-state index in [9.17, 15) is 30.7 Å². The molecule has 0 spiro atoms. The molecule has 1 aliphatic carbocycles. The third kappa shape index (κ3) is 3.19. The third-order valence-corrected chi connectivity index (χ3v) is 4.42. The van der Waals surface area contributed by atoms with Crippen molar-refractivity contribution < 1.29 is 30.7 Å². The normalized spacial score (nSPS) is 13.4. The van der Waals surface area contributed by atoms with E-state index < -0.39 is 35.0 Å². The zero-order valence-electron chi connectivity index (χ0n) is 13.8. The standard InChI is InChI=1S/C18H10F7N3/c19-11-1-2-13-8(3-11)4-14-15(13)27-28-16(14)26-12-6-9(17(20,21)22)5-10(7-12)18(23,24)25/h1-3,5-7H,4H2,(H2,26,27,28). The van der Waals surface area contributed by atoms with Crippen molar-refractivity contribution >= 4 is 11.5 Å². The van der Waals surface area contributed by atoms with Crippen molar-refractivity contribution in [1.82, 2.24) is 10.2 Å². The summed E-state index contributed by atoms with van der Waals surface area (Å²) in [7, 11) is 0. The van der Waals surface area contributed by atoms with Crippen molar-refractivity contribution in [2.24, 2.45) is 0 Å². The topological polar surface area (TPSA) is 40.7 Å². The molecule has 0 radical (unpaired) electrons. The number of alkyl halides is 6. The Kier molecular flexibility index (Phi) is 3.91. The first-order valence-electron chi connectivity index (χ1n) is 7.95. The van der Waals surface area contributed by atoms with Crippen molar-refractivity contribution in [2.75, 3.05) is 5.32 Å². The van der Waals surface area contributed by atoms with Gasteiger partial charge in [0.25, 0.3) is 0 Å². The lowest BCUT2D eigenvalue weighted by Crippen LogP contribution is -2.11. The molecule has 0 bridgehead atoms. The first kappa shape index (κ1) is 18.3. The number of fused-ring (bicyclic) bond motifs is 3. The highest BCUT2D eigenvalue weighted by Crippen LogP contribution is 2.41. The maximum atomic E-state index is 13.4. The smallest absolute Gasteiger partial charge is 0.338 e. The summed E-state index contributed by atoms with van der Waals surface area (Å²) in [6.45, 7) is 0. The maximum absolute atomic E-state index is 13.4. The van der Waals surface area contributed by atoms with Crippen molar-refractivity contribution in [3.63, 3.8) is 0 Å². The Morgan fingerprint density at radius 1 is 0.893 bits per heavy atom. The molecule has 0 fully saturated rings. The molecule has 146 valence electrons. The van der Waals surface area contributed by atoms with Crippen molar-refractivity contribution in [3.05, 3.63) is 64.5 Å². The van der Waals surface area contributed by atoms with Gasteiger partial charge in [0.2, 0.25) is 0 Å². The van der Waals surface area contributed by atoms with E-state index in [1.165, 1.54) is 18.2 Å². The minimum atomic E-state index is -4.95. The average Bonchev–Trinajstić information content (AvgIpc) is 3.12. The zero-order valence-corrected chi connectivity index (χ0v) is 13.8. The molecule has 3 nitrogen and oxygen atoms in total. The number of halogens is 7. The van der Waals surface area contributed by atoms with Crippen LogP contribution < -0.4 is 5.32 Å². The molecule has 1 aromatic heterocycles. The van der Waals surface area contributed by atoms with Gasteiger partial charge in [0.1, 0.15) is 5.82 Å². The molecule has 28 heavy (non-hydrogen) atoms. The van der Waals surface area contributed by atoms with Crippen LogP contribution in [0.5, 0.6) is 0 Å². The monoisotopic (exact) mass is 401 g/mol. The SMILES string of the molecule is Fc1ccc2c(c1)Cc1c(Nc3cc(C(F)(F)F)cc(C(F)(F)F)c3)n[nH]c1-2. The number of nitrogens with one attached hydrogen (secondary N) is 2. The number of rotatable bonds is 2. The number of benzene rings is 2. The highest BCUT2D eigenvalue weighted by molar-refractivity contribution is 5.79. The Bertz CT molecular complexity index is 1030. The molecule has 0 unspecified atom stereocenters. The summed E-state index contributed by atoms with van der Waals surface area (Å²) >= 11 is 0. The molecule has 10 heteroatoms. The first-order chi connectivity index (χ1) is 13.0. The summed E-state index contributed by atoms with van der Waals surface area (Å²) in [5.74, 6) is -0.363. The lowest BCUT2D eigenvalue weighted by atomic mass is 10.1. The van der Waals surface area contributed by atoms with E-state index >= 15 is 0 Å².